The molecule has 0 aromatic carbocycles. The molecule has 1 amide bonds. The van der Waals surface area contributed by atoms with E-state index in [1.807, 2.05) is 0 Å². The molecule has 1 aromatic heterocycles. The lowest BCUT2D eigenvalue weighted by Gasteiger charge is -2.17. The molecule has 92 valence electrons. The quantitative estimate of drug-likeness (QED) is 0.598. The van der Waals surface area contributed by atoms with Crippen LogP contribution in [0.5, 0.6) is 0 Å². The number of rotatable bonds is 4. The van der Waals surface area contributed by atoms with Crippen molar-refractivity contribution in [3.8, 4) is 0 Å². The van der Waals surface area contributed by atoms with Gasteiger partial charge in [0.25, 0.3) is 0 Å². The molecule has 0 aliphatic rings. The van der Waals surface area contributed by atoms with E-state index >= 15 is 0 Å². The number of carbonyl (C=O) groups is 1. The summed E-state index contributed by atoms with van der Waals surface area (Å²) in [6.45, 7) is 1.66. The molecule has 17 heavy (non-hydrogen) atoms. The van der Waals surface area contributed by atoms with Crippen LogP contribution in [0.4, 0.5) is 11.6 Å². The fourth-order valence-electron chi connectivity index (χ4n) is 1.13. The number of anilines is 1. The number of carbonyl (C=O) groups excluding carboxylic acids is 1. The van der Waals surface area contributed by atoms with Gasteiger partial charge in [-0.3, -0.25) is 14.9 Å². The van der Waals surface area contributed by atoms with Crippen LogP contribution in [0.3, 0.4) is 0 Å². The Kier molecular flexibility index (Phi) is 3.91. The number of likely N-dealkylation sites (N-methyl/N-ethyl adjacent to an activating group) is 1. The van der Waals surface area contributed by atoms with Crippen LogP contribution in [0.25, 0.3) is 0 Å². The molecule has 0 saturated heterocycles. The summed E-state index contributed by atoms with van der Waals surface area (Å²) in [5.74, 6) is 0.0465. The summed E-state index contributed by atoms with van der Waals surface area (Å²) < 4.78 is 0. The van der Waals surface area contributed by atoms with Crippen molar-refractivity contribution in [1.82, 2.24) is 14.9 Å². The zero-order chi connectivity index (χ0) is 13.0. The van der Waals surface area contributed by atoms with Crippen molar-refractivity contribution >= 4 is 17.5 Å². The lowest BCUT2D eigenvalue weighted by atomic mass is 10.3. The summed E-state index contributed by atoms with van der Waals surface area (Å²) in [5.41, 5.74) is -0.192. The summed E-state index contributed by atoms with van der Waals surface area (Å²) >= 11 is 0. The molecule has 1 aromatic rings. The van der Waals surface area contributed by atoms with E-state index in [1.54, 1.807) is 21.0 Å². The SMILES string of the molecule is C[C@H](Nc1ncc([N+](=O)[O-])cn1)C(=O)N(C)C. The van der Waals surface area contributed by atoms with Crippen LogP contribution in [-0.2, 0) is 4.79 Å². The maximum atomic E-state index is 11.5. The predicted molar refractivity (Wildman–Crippen MR) is 60.5 cm³/mol. The van der Waals surface area contributed by atoms with E-state index < -0.39 is 11.0 Å². The second kappa shape index (κ2) is 5.19. The summed E-state index contributed by atoms with van der Waals surface area (Å²) in [5, 5.41) is 13.1. The number of nitro groups is 1. The van der Waals surface area contributed by atoms with Crippen molar-refractivity contribution < 1.29 is 9.72 Å². The molecule has 0 fully saturated rings. The Morgan fingerprint density at radius 1 is 1.47 bits per heavy atom. The van der Waals surface area contributed by atoms with Crippen molar-refractivity contribution in [2.75, 3.05) is 19.4 Å². The molecular formula is C9H13N5O3. The molecule has 8 nitrogen and oxygen atoms in total. The van der Waals surface area contributed by atoms with Crippen LogP contribution in [0.15, 0.2) is 12.4 Å². The summed E-state index contributed by atoms with van der Waals surface area (Å²) in [6, 6.07) is -0.494. The number of aromatic nitrogens is 2. The monoisotopic (exact) mass is 239 g/mol. The highest BCUT2D eigenvalue weighted by molar-refractivity contribution is 5.83. The highest BCUT2D eigenvalue weighted by atomic mass is 16.6. The van der Waals surface area contributed by atoms with Gasteiger partial charge in [0, 0.05) is 14.1 Å². The van der Waals surface area contributed by atoms with Gasteiger partial charge in [-0.05, 0) is 6.92 Å². The highest BCUT2D eigenvalue weighted by Gasteiger charge is 2.16. The van der Waals surface area contributed by atoms with E-state index in [9.17, 15) is 14.9 Å². The van der Waals surface area contributed by atoms with Crippen LogP contribution in [0.2, 0.25) is 0 Å². The third kappa shape index (κ3) is 3.37. The fourth-order valence-corrected chi connectivity index (χ4v) is 1.13. The highest BCUT2D eigenvalue weighted by Crippen LogP contribution is 2.09. The topological polar surface area (TPSA) is 101 Å². The van der Waals surface area contributed by atoms with E-state index in [0.717, 1.165) is 12.4 Å². The standard InChI is InChI=1S/C9H13N5O3/c1-6(8(15)13(2)3)12-9-10-4-7(5-11-9)14(16)17/h4-6H,1-3H3,(H,10,11,12)/t6-/m0/s1. The summed E-state index contributed by atoms with van der Waals surface area (Å²) in [6.07, 6.45) is 2.17. The molecule has 0 saturated carbocycles. The molecule has 0 aliphatic heterocycles. The van der Waals surface area contributed by atoms with E-state index in [4.69, 9.17) is 0 Å². The second-order valence-corrected chi connectivity index (χ2v) is 3.62. The number of amides is 1. The molecule has 0 unspecified atom stereocenters. The molecule has 0 aliphatic carbocycles. The first-order valence-corrected chi connectivity index (χ1v) is 4.86. The first kappa shape index (κ1) is 12.8. The average Bonchev–Trinajstić information content (AvgIpc) is 2.28. The van der Waals surface area contributed by atoms with Gasteiger partial charge < -0.3 is 10.2 Å². The van der Waals surface area contributed by atoms with E-state index in [-0.39, 0.29) is 17.5 Å². The van der Waals surface area contributed by atoms with Crippen molar-refractivity contribution in [2.24, 2.45) is 0 Å². The Hall–Kier alpha value is -2.25. The zero-order valence-electron chi connectivity index (χ0n) is 9.75. The van der Waals surface area contributed by atoms with Crippen LogP contribution in [0.1, 0.15) is 6.92 Å². The fraction of sp³-hybridized carbons (Fsp3) is 0.444. The van der Waals surface area contributed by atoms with Gasteiger partial charge >= 0.3 is 5.69 Å². The first-order chi connectivity index (χ1) is 7.91. The normalized spacial score (nSPS) is 11.7. The van der Waals surface area contributed by atoms with Gasteiger partial charge in [0.2, 0.25) is 11.9 Å². The summed E-state index contributed by atoms with van der Waals surface area (Å²) in [7, 11) is 3.27. The number of hydrogen-bond acceptors (Lipinski definition) is 6. The molecular weight excluding hydrogens is 226 g/mol. The van der Waals surface area contributed by atoms with Gasteiger partial charge in [0.15, 0.2) is 0 Å². The number of nitrogens with zero attached hydrogens (tertiary/aromatic N) is 4. The van der Waals surface area contributed by atoms with Crippen LogP contribution in [-0.4, -0.2) is 45.8 Å². The minimum atomic E-state index is -0.585. The van der Waals surface area contributed by atoms with E-state index in [1.165, 1.54) is 4.90 Å². The maximum absolute atomic E-state index is 11.5. The Labute approximate surface area is 97.8 Å². The van der Waals surface area contributed by atoms with Crippen LogP contribution >= 0.6 is 0 Å². The lowest BCUT2D eigenvalue weighted by Crippen LogP contribution is -2.37. The van der Waals surface area contributed by atoms with Crippen molar-refractivity contribution in [1.29, 1.82) is 0 Å². The van der Waals surface area contributed by atoms with Crippen molar-refractivity contribution in [3.63, 3.8) is 0 Å². The number of hydrogen-bond donors (Lipinski definition) is 1. The third-order valence-electron chi connectivity index (χ3n) is 2.01. The first-order valence-electron chi connectivity index (χ1n) is 4.86. The molecule has 0 radical (unpaired) electrons. The largest absolute Gasteiger partial charge is 0.347 e. The Balaban J connectivity index is 2.69. The van der Waals surface area contributed by atoms with Gasteiger partial charge in [-0.15, -0.1) is 0 Å². The predicted octanol–water partition coefficient (Wildman–Crippen LogP) is 0.273. The smallest absolute Gasteiger partial charge is 0.305 e. The molecule has 1 atom stereocenters. The molecule has 8 heteroatoms. The van der Waals surface area contributed by atoms with Crippen LogP contribution in [0, 0.1) is 10.1 Å². The Morgan fingerprint density at radius 3 is 2.41 bits per heavy atom. The van der Waals surface area contributed by atoms with E-state index in [2.05, 4.69) is 15.3 Å². The molecule has 1 rings (SSSR count). The lowest BCUT2D eigenvalue weighted by molar-refractivity contribution is -0.385. The second-order valence-electron chi connectivity index (χ2n) is 3.62. The third-order valence-corrected chi connectivity index (χ3v) is 2.01. The van der Waals surface area contributed by atoms with Gasteiger partial charge in [-0.25, -0.2) is 9.97 Å². The minimum absolute atomic E-state index is 0.132. The van der Waals surface area contributed by atoms with Crippen molar-refractivity contribution in [2.45, 2.75) is 13.0 Å². The maximum Gasteiger partial charge on any atom is 0.305 e. The average molecular weight is 239 g/mol. The zero-order valence-corrected chi connectivity index (χ0v) is 9.75. The van der Waals surface area contributed by atoms with Crippen molar-refractivity contribution in [3.05, 3.63) is 22.5 Å². The van der Waals surface area contributed by atoms with Gasteiger partial charge in [0.05, 0.1) is 4.92 Å². The van der Waals surface area contributed by atoms with Gasteiger partial charge in [-0.1, -0.05) is 0 Å². The van der Waals surface area contributed by atoms with Crippen LogP contribution < -0.4 is 5.32 Å². The minimum Gasteiger partial charge on any atom is -0.347 e. The van der Waals surface area contributed by atoms with Gasteiger partial charge in [-0.2, -0.15) is 0 Å². The van der Waals surface area contributed by atoms with Gasteiger partial charge in [0.1, 0.15) is 18.4 Å². The Bertz CT molecular complexity index is 417. The molecule has 0 bridgehead atoms. The molecule has 0 spiro atoms. The molecule has 1 N–H and O–H groups in total. The molecule has 1 heterocycles. The number of nitrogens with one attached hydrogen (secondary N) is 1. The van der Waals surface area contributed by atoms with E-state index in [0.29, 0.717) is 0 Å². The Morgan fingerprint density at radius 2 is 2.00 bits per heavy atom. The summed E-state index contributed by atoms with van der Waals surface area (Å²) in [4.78, 5) is 30.2.